The maximum absolute atomic E-state index is 2.62. The third-order valence-corrected chi connectivity index (χ3v) is 17.2. The second-order valence-corrected chi connectivity index (χ2v) is 23.4. The van der Waals surface area contributed by atoms with Crippen molar-refractivity contribution in [2.24, 2.45) is 7.05 Å². The normalized spacial score (nSPS) is 12.4. The lowest BCUT2D eigenvalue weighted by atomic mass is 9.33. The van der Waals surface area contributed by atoms with Crippen molar-refractivity contribution >= 4 is 113 Å². The second kappa shape index (κ2) is 19.6. The fourth-order valence-corrected chi connectivity index (χ4v) is 13.3. The van der Waals surface area contributed by atoms with Gasteiger partial charge in [0.1, 0.15) is 0 Å². The van der Waals surface area contributed by atoms with Gasteiger partial charge >= 0.3 is 0 Å². The molecule has 398 valence electrons. The van der Waals surface area contributed by atoms with Crippen LogP contribution in [0.1, 0.15) is 50.1 Å². The molecule has 2 aliphatic heterocycles. The second-order valence-electron chi connectivity index (χ2n) is 23.4. The van der Waals surface area contributed by atoms with Crippen molar-refractivity contribution in [1.29, 1.82) is 0 Å². The maximum Gasteiger partial charge on any atom is 0.254 e. The molecule has 0 saturated heterocycles. The molecule has 3 heterocycles. The van der Waals surface area contributed by atoms with Gasteiger partial charge in [0.25, 0.3) is 6.71 Å². The van der Waals surface area contributed by atoms with E-state index in [9.17, 15) is 0 Å². The molecule has 0 radical (unpaired) electrons. The minimum atomic E-state index is -0.184. The molecule has 0 atom stereocenters. The van der Waals surface area contributed by atoms with Crippen LogP contribution in [0.3, 0.4) is 0 Å². The molecule has 14 rings (SSSR count). The molecule has 12 aromatic rings. The number of hydrogen-bond acceptors (Lipinski definition) is 4. The van der Waals surface area contributed by atoms with Crippen molar-refractivity contribution in [3.8, 4) is 11.1 Å². The quantitative estimate of drug-likeness (QED) is 0.134. The van der Waals surface area contributed by atoms with Gasteiger partial charge in [-0.05, 0) is 187 Å². The van der Waals surface area contributed by atoms with Crippen molar-refractivity contribution in [2.45, 2.75) is 62.3 Å². The molecule has 82 heavy (non-hydrogen) atoms. The maximum atomic E-state index is 2.62. The smallest absolute Gasteiger partial charge is 0.254 e. The van der Waals surface area contributed by atoms with Gasteiger partial charge in [-0.3, -0.25) is 0 Å². The van der Waals surface area contributed by atoms with Gasteiger partial charge in [-0.15, -0.1) is 0 Å². The summed E-state index contributed by atoms with van der Waals surface area (Å²) in [5, 5.41) is 2.44. The Bertz CT molecular complexity index is 4390. The summed E-state index contributed by atoms with van der Waals surface area (Å²) in [5.74, 6) is 0. The van der Waals surface area contributed by atoms with Crippen molar-refractivity contribution in [1.82, 2.24) is 4.57 Å². The van der Waals surface area contributed by atoms with Gasteiger partial charge in [0.15, 0.2) is 0 Å². The summed E-state index contributed by atoms with van der Waals surface area (Å²) in [6.07, 6.45) is 0. The van der Waals surface area contributed by atoms with Crippen LogP contribution in [-0.2, 0) is 7.05 Å². The Labute approximate surface area is 483 Å². The van der Waals surface area contributed by atoms with Crippen LogP contribution in [0.5, 0.6) is 0 Å². The van der Waals surface area contributed by atoms with Crippen LogP contribution >= 0.6 is 0 Å². The summed E-state index contributed by atoms with van der Waals surface area (Å²) in [7, 11) is 2.29. The molecule has 0 fully saturated rings. The monoisotopic (exact) mass is 1060 g/mol. The van der Waals surface area contributed by atoms with Gasteiger partial charge < -0.3 is 24.2 Å². The lowest BCUT2D eigenvalue weighted by Gasteiger charge is -2.46. The van der Waals surface area contributed by atoms with Gasteiger partial charge in [0, 0.05) is 85.6 Å². The number of hydrogen-bond donors (Lipinski definition) is 0. The predicted octanol–water partition coefficient (Wildman–Crippen LogP) is 18.8. The number of anilines is 12. The molecule has 0 N–H and O–H groups in total. The molecule has 0 unspecified atom stereocenters. The lowest BCUT2D eigenvalue weighted by Crippen LogP contribution is -2.62. The summed E-state index contributed by atoms with van der Waals surface area (Å²) >= 11 is 0. The highest BCUT2D eigenvalue weighted by Gasteiger charge is 2.47. The van der Waals surface area contributed by atoms with E-state index in [1.54, 1.807) is 0 Å². The average Bonchev–Trinajstić information content (AvgIpc) is 3.29. The number of aromatic nitrogens is 1. The van der Waals surface area contributed by atoms with Crippen LogP contribution in [0.25, 0.3) is 32.9 Å². The largest absolute Gasteiger partial charge is 0.344 e. The van der Waals surface area contributed by atoms with Crippen LogP contribution in [0.15, 0.2) is 218 Å². The Morgan fingerprint density at radius 3 is 1.37 bits per heavy atom. The van der Waals surface area contributed by atoms with Gasteiger partial charge in [0.05, 0.1) is 17.1 Å². The predicted molar refractivity (Wildman–Crippen MR) is 352 cm³/mol. The summed E-state index contributed by atoms with van der Waals surface area (Å²) in [6, 6.07) is 83.2. The third-order valence-electron chi connectivity index (χ3n) is 17.2. The van der Waals surface area contributed by atoms with E-state index in [1.165, 1.54) is 105 Å². The van der Waals surface area contributed by atoms with E-state index in [4.69, 9.17) is 0 Å². The van der Waals surface area contributed by atoms with Crippen molar-refractivity contribution in [3.63, 3.8) is 0 Å². The standard InChI is InChI=1S/C76H66BN5/c1-47-15-27-57(28-16-47)79(58-29-17-48(2)18-30-58)62-44-70-74-71(45-62)82(67-37-25-52(6)42-64(67)56-40-54(8)39-55(9)41-56)68-38-26-53(7)43-65(68)77(74)75-72(81(70)61-35-23-51(5)24-36-61)46-69(73-63-13-11-12-14-66(63)78(10)76(73)75)80(59-31-19-49(3)20-32-59)60-33-21-50(4)22-34-60/h11-46H,1-10H3. The fourth-order valence-electron chi connectivity index (χ4n) is 13.3. The molecule has 11 aromatic carbocycles. The highest BCUT2D eigenvalue weighted by Crippen LogP contribution is 2.53. The molecule has 0 amide bonds. The van der Waals surface area contributed by atoms with Crippen molar-refractivity contribution in [2.75, 3.05) is 19.6 Å². The van der Waals surface area contributed by atoms with Gasteiger partial charge in [0.2, 0.25) is 0 Å². The first-order valence-electron chi connectivity index (χ1n) is 28.8. The number of rotatable bonds is 9. The van der Waals surface area contributed by atoms with Crippen LogP contribution < -0.4 is 36.0 Å². The van der Waals surface area contributed by atoms with E-state index in [-0.39, 0.29) is 6.71 Å². The molecular formula is C76H66BN5. The van der Waals surface area contributed by atoms with Gasteiger partial charge in [-0.1, -0.05) is 165 Å². The Kier molecular flexibility index (Phi) is 12.1. The molecule has 0 spiro atoms. The van der Waals surface area contributed by atoms with Crippen molar-refractivity contribution in [3.05, 3.63) is 268 Å². The highest BCUT2D eigenvalue weighted by molar-refractivity contribution is 7.01. The van der Waals surface area contributed by atoms with E-state index < -0.39 is 0 Å². The molecule has 0 aliphatic carbocycles. The van der Waals surface area contributed by atoms with E-state index in [0.717, 1.165) is 62.6 Å². The molecule has 2 aliphatic rings. The lowest BCUT2D eigenvalue weighted by molar-refractivity contribution is 1.02. The van der Waals surface area contributed by atoms with Gasteiger partial charge in [-0.25, -0.2) is 0 Å². The fraction of sp³-hybridized carbons (Fsp3) is 0.132. The SMILES string of the molecule is Cc1ccc(N(c2ccc(C)cc2)c2cc3c4c(c2)N(c2ccc(C)cc2-c2cc(C)cc(C)c2)c2ccc(C)cc2B4c2c(cc(N(c4ccc(C)cc4)c4ccc(C)cc4)c4c5ccccc5n(C)c24)N3c2ccc(C)cc2)cc1. The number of aryl methyl sites for hydroxylation is 10. The Hall–Kier alpha value is -9.52. The first-order chi connectivity index (χ1) is 39.8. The number of nitrogens with zero attached hydrogens (tertiary/aromatic N) is 5. The van der Waals surface area contributed by atoms with E-state index in [0.29, 0.717) is 0 Å². The van der Waals surface area contributed by atoms with Crippen molar-refractivity contribution < 1.29 is 0 Å². The Balaban J connectivity index is 1.18. The van der Waals surface area contributed by atoms with Crippen LogP contribution in [-0.4, -0.2) is 11.3 Å². The van der Waals surface area contributed by atoms with Gasteiger partial charge in [-0.2, -0.15) is 0 Å². The van der Waals surface area contributed by atoms with E-state index in [1.807, 2.05) is 0 Å². The minimum absolute atomic E-state index is 0.184. The number of para-hydroxylation sites is 1. The molecule has 5 nitrogen and oxygen atoms in total. The first kappa shape index (κ1) is 50.7. The molecule has 1 aromatic heterocycles. The van der Waals surface area contributed by atoms with Crippen LogP contribution in [0.4, 0.5) is 68.2 Å². The van der Waals surface area contributed by atoms with Crippen LogP contribution in [0, 0.1) is 62.3 Å². The zero-order valence-corrected chi connectivity index (χ0v) is 48.6. The van der Waals surface area contributed by atoms with E-state index in [2.05, 4.69) is 312 Å². The Morgan fingerprint density at radius 2 is 0.805 bits per heavy atom. The zero-order chi connectivity index (χ0) is 56.2. The molecule has 0 bridgehead atoms. The average molecular weight is 1060 g/mol. The Morgan fingerprint density at radius 1 is 0.341 bits per heavy atom. The molecule has 6 heteroatoms. The summed E-state index contributed by atoms with van der Waals surface area (Å²) in [5.41, 5.74) is 33.1. The molecule has 0 saturated carbocycles. The highest BCUT2D eigenvalue weighted by atomic mass is 15.2. The van der Waals surface area contributed by atoms with E-state index >= 15 is 0 Å². The number of benzene rings is 11. The topological polar surface area (TPSA) is 17.9 Å². The minimum Gasteiger partial charge on any atom is -0.344 e. The number of fused-ring (bicyclic) bond motifs is 8. The molecular weight excluding hydrogens is 994 g/mol. The first-order valence-corrected chi connectivity index (χ1v) is 28.8. The summed E-state index contributed by atoms with van der Waals surface area (Å²) < 4.78 is 2.50. The zero-order valence-electron chi connectivity index (χ0n) is 48.6. The third kappa shape index (κ3) is 8.38. The summed E-state index contributed by atoms with van der Waals surface area (Å²) in [4.78, 5) is 10.2. The summed E-state index contributed by atoms with van der Waals surface area (Å²) in [6.45, 7) is 19.6. The van der Waals surface area contributed by atoms with Crippen LogP contribution in [0.2, 0.25) is 0 Å².